The van der Waals surface area contributed by atoms with Gasteiger partial charge >= 0.3 is 0 Å². The molecule has 4 aromatic heterocycles. The first-order valence-corrected chi connectivity index (χ1v) is 7.33. The van der Waals surface area contributed by atoms with Gasteiger partial charge in [0, 0.05) is 31.0 Å². The molecule has 118 valence electrons. The standard InChI is InChI=1S/C7H5ClFN3.C7H6ClN3/c1-4-6(9)12-3-2-10-5(8)7(12)11-4;1-5-4-11-3-2-9-6(8)7(11)10-5/h2-3H,1H3;2-4H,1H3. The van der Waals surface area contributed by atoms with Crippen LogP contribution >= 0.6 is 23.2 Å². The molecule has 0 amide bonds. The van der Waals surface area contributed by atoms with Gasteiger partial charge in [-0.3, -0.25) is 4.40 Å². The average molecular weight is 353 g/mol. The lowest BCUT2D eigenvalue weighted by molar-refractivity contribution is 0.563. The van der Waals surface area contributed by atoms with Crippen molar-refractivity contribution in [1.82, 2.24) is 28.7 Å². The van der Waals surface area contributed by atoms with Crippen LogP contribution in [0.2, 0.25) is 10.3 Å². The Labute approximate surface area is 140 Å². The van der Waals surface area contributed by atoms with E-state index >= 15 is 0 Å². The second kappa shape index (κ2) is 6.10. The van der Waals surface area contributed by atoms with Gasteiger partial charge in [-0.1, -0.05) is 23.2 Å². The van der Waals surface area contributed by atoms with Gasteiger partial charge in [0.2, 0.25) is 5.95 Å². The Kier molecular flexibility index (Phi) is 4.14. The van der Waals surface area contributed by atoms with Crippen LogP contribution in [0, 0.1) is 19.8 Å². The van der Waals surface area contributed by atoms with Gasteiger partial charge in [-0.25, -0.2) is 19.9 Å². The molecule has 0 spiro atoms. The molecule has 0 aliphatic heterocycles. The lowest BCUT2D eigenvalue weighted by Gasteiger charge is -1.92. The van der Waals surface area contributed by atoms with E-state index in [0.717, 1.165) is 5.69 Å². The zero-order chi connectivity index (χ0) is 16.6. The first-order chi connectivity index (χ1) is 11.0. The van der Waals surface area contributed by atoms with Gasteiger partial charge in [0.15, 0.2) is 21.6 Å². The third-order valence-corrected chi connectivity index (χ3v) is 3.59. The molecule has 6 nitrogen and oxygen atoms in total. The average Bonchev–Trinajstić information content (AvgIpc) is 3.03. The largest absolute Gasteiger partial charge is 0.303 e. The third kappa shape index (κ3) is 2.97. The molecule has 0 atom stereocenters. The SMILES string of the molecule is Cc1cn2ccnc(Cl)c2n1.Cc1nc2c(Cl)nccn2c1F. The van der Waals surface area contributed by atoms with Gasteiger partial charge < -0.3 is 4.40 Å². The molecule has 9 heteroatoms. The summed E-state index contributed by atoms with van der Waals surface area (Å²) >= 11 is 11.5. The second-order valence-electron chi connectivity index (χ2n) is 4.73. The summed E-state index contributed by atoms with van der Waals surface area (Å²) in [6, 6.07) is 0. The number of nitrogens with zero attached hydrogens (tertiary/aromatic N) is 6. The highest BCUT2D eigenvalue weighted by Crippen LogP contribution is 2.15. The van der Waals surface area contributed by atoms with Crippen LogP contribution < -0.4 is 0 Å². The van der Waals surface area contributed by atoms with Gasteiger partial charge in [-0.2, -0.15) is 4.39 Å². The fourth-order valence-corrected chi connectivity index (χ4v) is 2.43. The Bertz CT molecular complexity index is 994. The summed E-state index contributed by atoms with van der Waals surface area (Å²) in [5.74, 6) is -0.394. The fourth-order valence-electron chi connectivity index (χ4n) is 2.04. The number of rotatable bonds is 0. The quantitative estimate of drug-likeness (QED) is 0.485. The Balaban J connectivity index is 0.000000136. The molecule has 0 aromatic carbocycles. The number of halogens is 3. The number of aryl methyl sites for hydroxylation is 2. The van der Waals surface area contributed by atoms with Crippen molar-refractivity contribution in [1.29, 1.82) is 0 Å². The van der Waals surface area contributed by atoms with Crippen LogP contribution in [0.3, 0.4) is 0 Å². The topological polar surface area (TPSA) is 60.4 Å². The zero-order valence-electron chi connectivity index (χ0n) is 12.2. The van der Waals surface area contributed by atoms with Crippen LogP contribution in [0.4, 0.5) is 4.39 Å². The molecular weight excluding hydrogens is 342 g/mol. The molecule has 0 radical (unpaired) electrons. The molecule has 4 rings (SSSR count). The predicted octanol–water partition coefficient (Wildman–Crippen LogP) is 3.52. The Morgan fingerprint density at radius 2 is 1.61 bits per heavy atom. The van der Waals surface area contributed by atoms with Gasteiger partial charge in [0.25, 0.3) is 0 Å². The van der Waals surface area contributed by atoms with Crippen molar-refractivity contribution in [2.75, 3.05) is 0 Å². The van der Waals surface area contributed by atoms with E-state index in [2.05, 4.69) is 19.9 Å². The molecule has 0 saturated heterocycles. The minimum absolute atomic E-state index is 0.213. The minimum atomic E-state index is -0.394. The minimum Gasteiger partial charge on any atom is -0.303 e. The number of fused-ring (bicyclic) bond motifs is 2. The van der Waals surface area contributed by atoms with Gasteiger partial charge in [-0.05, 0) is 13.8 Å². The van der Waals surface area contributed by atoms with Crippen molar-refractivity contribution in [2.45, 2.75) is 13.8 Å². The normalized spacial score (nSPS) is 10.8. The van der Waals surface area contributed by atoms with Crippen LogP contribution in [0.15, 0.2) is 31.0 Å². The maximum atomic E-state index is 13.2. The van der Waals surface area contributed by atoms with Crippen LogP contribution in [0.5, 0.6) is 0 Å². The summed E-state index contributed by atoms with van der Waals surface area (Å²) in [6.07, 6.45) is 8.29. The number of aromatic nitrogens is 6. The van der Waals surface area contributed by atoms with E-state index in [1.807, 2.05) is 23.7 Å². The summed E-state index contributed by atoms with van der Waals surface area (Å²) in [4.78, 5) is 15.8. The monoisotopic (exact) mass is 352 g/mol. The van der Waals surface area contributed by atoms with E-state index in [0.29, 0.717) is 22.1 Å². The van der Waals surface area contributed by atoms with Crippen LogP contribution in [-0.2, 0) is 0 Å². The van der Waals surface area contributed by atoms with E-state index in [1.165, 1.54) is 16.8 Å². The molecule has 0 N–H and O–H groups in total. The highest BCUT2D eigenvalue weighted by Gasteiger charge is 2.09. The maximum absolute atomic E-state index is 13.2. The van der Waals surface area contributed by atoms with Crippen LogP contribution in [0.1, 0.15) is 11.4 Å². The zero-order valence-corrected chi connectivity index (χ0v) is 13.7. The number of imidazole rings is 2. The van der Waals surface area contributed by atoms with E-state index in [9.17, 15) is 4.39 Å². The molecule has 4 heterocycles. The van der Waals surface area contributed by atoms with E-state index < -0.39 is 5.95 Å². The fraction of sp³-hybridized carbons (Fsp3) is 0.143. The molecule has 0 fully saturated rings. The van der Waals surface area contributed by atoms with Crippen LogP contribution in [0.25, 0.3) is 11.3 Å². The van der Waals surface area contributed by atoms with Crippen molar-refractivity contribution in [3.63, 3.8) is 0 Å². The summed E-state index contributed by atoms with van der Waals surface area (Å²) in [6.45, 7) is 3.50. The van der Waals surface area contributed by atoms with Gasteiger partial charge in [0.1, 0.15) is 0 Å². The van der Waals surface area contributed by atoms with E-state index in [-0.39, 0.29) is 5.15 Å². The first-order valence-electron chi connectivity index (χ1n) is 6.58. The molecule has 4 aromatic rings. The van der Waals surface area contributed by atoms with Gasteiger partial charge in [-0.15, -0.1) is 0 Å². The van der Waals surface area contributed by atoms with Crippen LogP contribution in [-0.4, -0.2) is 28.7 Å². The second-order valence-corrected chi connectivity index (χ2v) is 5.45. The highest BCUT2D eigenvalue weighted by atomic mass is 35.5. The Morgan fingerprint density at radius 3 is 2.26 bits per heavy atom. The molecule has 0 saturated carbocycles. The smallest absolute Gasteiger partial charge is 0.220 e. The first kappa shape index (κ1) is 15.6. The van der Waals surface area contributed by atoms with E-state index in [4.69, 9.17) is 23.2 Å². The summed E-state index contributed by atoms with van der Waals surface area (Å²) in [7, 11) is 0. The maximum Gasteiger partial charge on any atom is 0.220 e. The lowest BCUT2D eigenvalue weighted by atomic mass is 10.5. The molecule has 0 aliphatic rings. The van der Waals surface area contributed by atoms with Crippen molar-refractivity contribution in [3.05, 3.63) is 58.6 Å². The summed E-state index contributed by atoms with van der Waals surface area (Å²) < 4.78 is 16.3. The third-order valence-electron chi connectivity index (χ3n) is 3.05. The predicted molar refractivity (Wildman–Crippen MR) is 85.4 cm³/mol. The Morgan fingerprint density at radius 1 is 0.957 bits per heavy atom. The molecule has 0 bridgehead atoms. The molecule has 0 unspecified atom stereocenters. The molecule has 23 heavy (non-hydrogen) atoms. The van der Waals surface area contributed by atoms with Crippen molar-refractivity contribution >= 4 is 34.5 Å². The number of hydrogen-bond acceptors (Lipinski definition) is 4. The van der Waals surface area contributed by atoms with Crippen molar-refractivity contribution in [2.24, 2.45) is 0 Å². The Hall–Kier alpha value is -2.25. The lowest BCUT2D eigenvalue weighted by Crippen LogP contribution is -1.89. The van der Waals surface area contributed by atoms with E-state index in [1.54, 1.807) is 13.1 Å². The van der Waals surface area contributed by atoms with Crippen molar-refractivity contribution < 1.29 is 4.39 Å². The molecule has 0 aliphatic carbocycles. The van der Waals surface area contributed by atoms with Crippen molar-refractivity contribution in [3.8, 4) is 0 Å². The summed E-state index contributed by atoms with van der Waals surface area (Å²) in [5, 5.41) is 0.658. The highest BCUT2D eigenvalue weighted by molar-refractivity contribution is 6.32. The molecular formula is C14H11Cl2FN6. The van der Waals surface area contributed by atoms with Gasteiger partial charge in [0.05, 0.1) is 11.4 Å². The summed E-state index contributed by atoms with van der Waals surface area (Å²) in [5.41, 5.74) is 2.34. The number of hydrogen-bond donors (Lipinski definition) is 0.